The minimum atomic E-state index is -1.15. The second-order valence-electron chi connectivity index (χ2n) is 7.14. The fourth-order valence-corrected chi connectivity index (χ4v) is 4.59. The van der Waals surface area contributed by atoms with Gasteiger partial charge in [0, 0.05) is 22.7 Å². The predicted octanol–water partition coefficient (Wildman–Crippen LogP) is 4.96. The Labute approximate surface area is 172 Å². The molecule has 0 fully saturated rings. The van der Waals surface area contributed by atoms with Gasteiger partial charge in [0.15, 0.2) is 17.6 Å². The average molecular weight is 400 g/mol. The van der Waals surface area contributed by atoms with Gasteiger partial charge < -0.3 is 0 Å². The molecule has 0 N–H and O–H groups in total. The molecule has 5 heteroatoms. The number of carbonyl (C=O) groups is 2. The van der Waals surface area contributed by atoms with Crippen LogP contribution in [0.2, 0.25) is 0 Å². The van der Waals surface area contributed by atoms with E-state index >= 15 is 0 Å². The van der Waals surface area contributed by atoms with E-state index < -0.39 is 5.54 Å². The molecule has 3 unspecified atom stereocenters. The normalized spacial score (nSPS) is 20.7. The van der Waals surface area contributed by atoms with E-state index in [-0.39, 0.29) is 17.4 Å². The summed E-state index contributed by atoms with van der Waals surface area (Å²) in [6.45, 7) is 0.440. The number of azo groups is 1. The van der Waals surface area contributed by atoms with Gasteiger partial charge in [-0.2, -0.15) is 10.2 Å². The van der Waals surface area contributed by atoms with E-state index in [0.717, 1.165) is 17.4 Å². The van der Waals surface area contributed by atoms with Crippen molar-refractivity contribution in [1.82, 2.24) is 0 Å². The van der Waals surface area contributed by atoms with Crippen LogP contribution in [0.25, 0.3) is 0 Å². The molecule has 0 saturated heterocycles. The maximum atomic E-state index is 14.0. The SMILES string of the molecule is O=Cc1ccccc1C(=O)C1(C(c2ccccc2)c2ccccc2)N=NCC1P. The van der Waals surface area contributed by atoms with E-state index in [1.165, 1.54) is 0 Å². The predicted molar refractivity (Wildman–Crippen MR) is 117 cm³/mol. The summed E-state index contributed by atoms with van der Waals surface area (Å²) in [5.74, 6) is -0.509. The number of Topliss-reactive ketones (excluding diaryl/α,β-unsaturated/α-hetero) is 1. The molecule has 1 aliphatic heterocycles. The molecule has 3 atom stereocenters. The van der Waals surface area contributed by atoms with Crippen molar-refractivity contribution in [3.8, 4) is 0 Å². The lowest BCUT2D eigenvalue weighted by Gasteiger charge is -2.37. The van der Waals surface area contributed by atoms with E-state index in [4.69, 9.17) is 0 Å². The maximum absolute atomic E-state index is 14.0. The first-order chi connectivity index (χ1) is 14.2. The Hall–Kier alpha value is -2.97. The number of hydrogen-bond donors (Lipinski definition) is 0. The molecule has 0 saturated carbocycles. The van der Waals surface area contributed by atoms with Crippen LogP contribution >= 0.6 is 9.24 Å². The van der Waals surface area contributed by atoms with Crippen molar-refractivity contribution in [2.45, 2.75) is 17.1 Å². The first-order valence-electron chi connectivity index (χ1n) is 9.51. The van der Waals surface area contributed by atoms with Gasteiger partial charge >= 0.3 is 0 Å². The van der Waals surface area contributed by atoms with Crippen LogP contribution < -0.4 is 0 Å². The molecular formula is C24H21N2O2P. The maximum Gasteiger partial charge on any atom is 0.194 e. The molecule has 3 aromatic carbocycles. The Morgan fingerprint density at radius 1 is 0.931 bits per heavy atom. The second-order valence-corrected chi connectivity index (χ2v) is 7.95. The zero-order chi connectivity index (χ0) is 20.3. The lowest BCUT2D eigenvalue weighted by molar-refractivity contribution is 0.0876. The molecule has 3 aromatic rings. The minimum absolute atomic E-state index is 0.181. The van der Waals surface area contributed by atoms with Crippen LogP contribution in [0.3, 0.4) is 0 Å². The van der Waals surface area contributed by atoms with E-state index in [0.29, 0.717) is 17.7 Å². The van der Waals surface area contributed by atoms with Gasteiger partial charge in [-0.25, -0.2) is 0 Å². The number of ketones is 1. The molecular weight excluding hydrogens is 379 g/mol. The monoisotopic (exact) mass is 400 g/mol. The van der Waals surface area contributed by atoms with Crippen molar-refractivity contribution in [1.29, 1.82) is 0 Å². The Morgan fingerprint density at radius 3 is 2.00 bits per heavy atom. The number of carbonyl (C=O) groups excluding carboxylic acids is 2. The Morgan fingerprint density at radius 2 is 1.48 bits per heavy atom. The van der Waals surface area contributed by atoms with E-state index in [9.17, 15) is 9.59 Å². The molecule has 29 heavy (non-hydrogen) atoms. The zero-order valence-electron chi connectivity index (χ0n) is 15.8. The van der Waals surface area contributed by atoms with Crippen LogP contribution in [0.15, 0.2) is 95.2 Å². The third-order valence-electron chi connectivity index (χ3n) is 5.48. The smallest absolute Gasteiger partial charge is 0.194 e. The highest BCUT2D eigenvalue weighted by molar-refractivity contribution is 7.18. The average Bonchev–Trinajstić information content (AvgIpc) is 3.16. The number of benzene rings is 3. The number of hydrogen-bond acceptors (Lipinski definition) is 4. The van der Waals surface area contributed by atoms with Gasteiger partial charge in [-0.05, 0) is 11.1 Å². The highest BCUT2D eigenvalue weighted by atomic mass is 31.0. The van der Waals surface area contributed by atoms with Crippen molar-refractivity contribution in [3.05, 3.63) is 107 Å². The first-order valence-corrected chi connectivity index (χ1v) is 10.2. The van der Waals surface area contributed by atoms with Gasteiger partial charge in [-0.1, -0.05) is 84.9 Å². The van der Waals surface area contributed by atoms with Crippen molar-refractivity contribution in [2.75, 3.05) is 6.54 Å². The summed E-state index contributed by atoms with van der Waals surface area (Å²) in [5.41, 5.74) is 1.39. The fraction of sp³-hybridized carbons (Fsp3) is 0.167. The van der Waals surface area contributed by atoms with Gasteiger partial charge in [0.25, 0.3) is 0 Å². The molecule has 0 radical (unpaired) electrons. The molecule has 4 rings (SSSR count). The highest BCUT2D eigenvalue weighted by Gasteiger charge is 2.54. The minimum Gasteiger partial charge on any atom is -0.298 e. The number of rotatable bonds is 6. The third kappa shape index (κ3) is 3.34. The highest BCUT2D eigenvalue weighted by Crippen LogP contribution is 2.47. The third-order valence-corrected chi connectivity index (χ3v) is 6.20. The molecule has 0 amide bonds. The molecule has 0 spiro atoms. The zero-order valence-corrected chi connectivity index (χ0v) is 17.0. The summed E-state index contributed by atoms with van der Waals surface area (Å²) >= 11 is 0. The molecule has 1 heterocycles. The van der Waals surface area contributed by atoms with Crippen LogP contribution in [0, 0.1) is 0 Å². The fourth-order valence-electron chi connectivity index (χ4n) is 4.09. The summed E-state index contributed by atoms with van der Waals surface area (Å²) in [7, 11) is 2.77. The Kier molecular flexibility index (Phi) is 5.46. The van der Waals surface area contributed by atoms with Crippen LogP contribution in [0.5, 0.6) is 0 Å². The molecule has 0 bridgehead atoms. The summed E-state index contributed by atoms with van der Waals surface area (Å²) in [6.07, 6.45) is 0.727. The van der Waals surface area contributed by atoms with Crippen LogP contribution in [0.4, 0.5) is 0 Å². The largest absolute Gasteiger partial charge is 0.298 e. The van der Waals surface area contributed by atoms with E-state index in [1.807, 2.05) is 60.7 Å². The quantitative estimate of drug-likeness (QED) is 0.334. The first kappa shape index (κ1) is 19.4. The number of aldehydes is 1. The van der Waals surface area contributed by atoms with Crippen LogP contribution in [-0.2, 0) is 0 Å². The molecule has 0 aromatic heterocycles. The van der Waals surface area contributed by atoms with Gasteiger partial charge in [0.2, 0.25) is 0 Å². The van der Waals surface area contributed by atoms with Gasteiger partial charge in [-0.3, -0.25) is 9.59 Å². The molecule has 0 aliphatic carbocycles. The summed E-state index contributed by atoms with van der Waals surface area (Å²) in [6, 6.07) is 26.7. The Bertz CT molecular complexity index is 1010. The summed E-state index contributed by atoms with van der Waals surface area (Å²) in [5, 5.41) is 8.88. The summed E-state index contributed by atoms with van der Waals surface area (Å²) < 4.78 is 0. The molecule has 144 valence electrons. The Balaban J connectivity index is 1.96. The molecule has 4 nitrogen and oxygen atoms in total. The van der Waals surface area contributed by atoms with Crippen molar-refractivity contribution in [2.24, 2.45) is 10.2 Å². The topological polar surface area (TPSA) is 58.9 Å². The molecule has 1 aliphatic rings. The second kappa shape index (κ2) is 8.18. The lowest BCUT2D eigenvalue weighted by Crippen LogP contribution is -2.49. The standard InChI is InChI=1S/C24H21N2O2P/c27-16-19-13-7-8-14-20(19)23(28)24(21(29)15-25-26-24)22(17-9-3-1-4-10-17)18-11-5-2-6-12-18/h1-14,16,21-22H,15,29H2. The van der Waals surface area contributed by atoms with E-state index in [2.05, 4.69) is 19.5 Å². The van der Waals surface area contributed by atoms with Crippen molar-refractivity contribution >= 4 is 21.3 Å². The van der Waals surface area contributed by atoms with Crippen LogP contribution in [0.1, 0.15) is 37.8 Å². The van der Waals surface area contributed by atoms with Gasteiger partial charge in [0.05, 0.1) is 6.54 Å². The van der Waals surface area contributed by atoms with Crippen molar-refractivity contribution in [3.63, 3.8) is 0 Å². The summed E-state index contributed by atoms with van der Waals surface area (Å²) in [4.78, 5) is 25.7. The van der Waals surface area contributed by atoms with Gasteiger partial charge in [-0.15, -0.1) is 9.24 Å². The van der Waals surface area contributed by atoms with Crippen molar-refractivity contribution < 1.29 is 9.59 Å². The number of nitrogens with zero attached hydrogens (tertiary/aromatic N) is 2. The van der Waals surface area contributed by atoms with Gasteiger partial charge in [0.1, 0.15) is 0 Å². The van der Waals surface area contributed by atoms with Crippen LogP contribution in [-0.4, -0.2) is 29.8 Å². The van der Waals surface area contributed by atoms with E-state index in [1.54, 1.807) is 24.3 Å². The lowest BCUT2D eigenvalue weighted by atomic mass is 9.69.